The van der Waals surface area contributed by atoms with Gasteiger partial charge in [-0.15, -0.1) is 11.3 Å². The van der Waals surface area contributed by atoms with Gasteiger partial charge >= 0.3 is 0 Å². The zero-order valence-corrected chi connectivity index (χ0v) is 14.9. The standard InChI is InChI=1S/C16H25N3O3S/c1-18-8-6-13(7-9-18)19(2)16(22-11-10-21-3)17-15(20)14-5-4-12-23-14/h4-5,12-13H,6-11H2,1-3H3/p+1. The van der Waals surface area contributed by atoms with E-state index in [0.717, 1.165) is 25.9 Å². The highest BCUT2D eigenvalue weighted by Crippen LogP contribution is 2.13. The second-order valence-corrected chi connectivity index (χ2v) is 6.76. The van der Waals surface area contributed by atoms with Crippen LogP contribution in [0.5, 0.6) is 0 Å². The van der Waals surface area contributed by atoms with E-state index in [2.05, 4.69) is 12.0 Å². The molecule has 0 atom stereocenters. The number of piperidine rings is 1. The maximum absolute atomic E-state index is 12.3. The van der Waals surface area contributed by atoms with Crippen LogP contribution in [0.25, 0.3) is 0 Å². The fourth-order valence-corrected chi connectivity index (χ4v) is 3.22. The van der Waals surface area contributed by atoms with E-state index in [1.165, 1.54) is 11.3 Å². The molecule has 128 valence electrons. The first-order valence-corrected chi connectivity index (χ1v) is 8.82. The fraction of sp³-hybridized carbons (Fsp3) is 0.625. The number of amides is 1. The normalized spacial score (nSPS) is 22.0. The maximum atomic E-state index is 12.3. The Morgan fingerprint density at radius 1 is 1.43 bits per heavy atom. The highest BCUT2D eigenvalue weighted by atomic mass is 32.1. The summed E-state index contributed by atoms with van der Waals surface area (Å²) in [6.07, 6.45) is 2.14. The van der Waals surface area contributed by atoms with E-state index in [-0.39, 0.29) is 5.91 Å². The van der Waals surface area contributed by atoms with Gasteiger partial charge in [-0.05, 0) is 11.4 Å². The first-order chi connectivity index (χ1) is 11.1. The summed E-state index contributed by atoms with van der Waals surface area (Å²) in [5.41, 5.74) is 0. The molecule has 2 rings (SSSR count). The number of nitrogens with zero attached hydrogens (tertiary/aromatic N) is 2. The van der Waals surface area contributed by atoms with Crippen molar-refractivity contribution in [3.8, 4) is 0 Å². The fourth-order valence-electron chi connectivity index (χ4n) is 2.61. The zero-order valence-electron chi connectivity index (χ0n) is 14.1. The van der Waals surface area contributed by atoms with Gasteiger partial charge in [0.25, 0.3) is 11.9 Å². The van der Waals surface area contributed by atoms with Crippen molar-refractivity contribution in [3.05, 3.63) is 22.4 Å². The number of ether oxygens (including phenoxy) is 2. The van der Waals surface area contributed by atoms with Gasteiger partial charge < -0.3 is 19.3 Å². The van der Waals surface area contributed by atoms with Gasteiger partial charge in [0.05, 0.1) is 31.6 Å². The second kappa shape index (κ2) is 9.00. The number of methoxy groups -OCH3 is 1. The molecule has 6 nitrogen and oxygen atoms in total. The van der Waals surface area contributed by atoms with Crippen LogP contribution in [-0.2, 0) is 9.47 Å². The van der Waals surface area contributed by atoms with Crippen LogP contribution in [0.15, 0.2) is 22.5 Å². The molecule has 1 N–H and O–H groups in total. The van der Waals surface area contributed by atoms with Crippen LogP contribution in [0, 0.1) is 0 Å². The number of thiophene rings is 1. The lowest BCUT2D eigenvalue weighted by Crippen LogP contribution is -3.10. The van der Waals surface area contributed by atoms with E-state index in [9.17, 15) is 4.79 Å². The quantitative estimate of drug-likeness (QED) is 0.482. The molecule has 23 heavy (non-hydrogen) atoms. The molecule has 1 aliphatic rings. The summed E-state index contributed by atoms with van der Waals surface area (Å²) in [5.74, 6) is -0.252. The molecule has 0 saturated carbocycles. The molecule has 1 fully saturated rings. The molecule has 0 radical (unpaired) electrons. The van der Waals surface area contributed by atoms with Gasteiger partial charge in [0, 0.05) is 33.0 Å². The number of aliphatic imine (C=N–C) groups is 1. The first kappa shape index (κ1) is 17.9. The molecule has 2 heterocycles. The third-order valence-electron chi connectivity index (χ3n) is 4.11. The predicted octanol–water partition coefficient (Wildman–Crippen LogP) is 0.516. The van der Waals surface area contributed by atoms with E-state index in [1.54, 1.807) is 18.1 Å². The van der Waals surface area contributed by atoms with E-state index in [4.69, 9.17) is 9.47 Å². The number of carbonyl (C=O) groups is 1. The Morgan fingerprint density at radius 3 is 2.78 bits per heavy atom. The summed E-state index contributed by atoms with van der Waals surface area (Å²) < 4.78 is 10.7. The summed E-state index contributed by atoms with van der Waals surface area (Å²) in [6, 6.07) is 4.38. The zero-order chi connectivity index (χ0) is 16.7. The van der Waals surface area contributed by atoms with Crippen LogP contribution >= 0.6 is 11.3 Å². The topological polar surface area (TPSA) is 55.6 Å². The highest BCUT2D eigenvalue weighted by molar-refractivity contribution is 7.12. The molecule has 0 bridgehead atoms. The van der Waals surface area contributed by atoms with E-state index >= 15 is 0 Å². The lowest BCUT2D eigenvalue weighted by atomic mass is 10.0. The van der Waals surface area contributed by atoms with Crippen LogP contribution in [0.3, 0.4) is 0 Å². The Morgan fingerprint density at radius 2 is 2.17 bits per heavy atom. The largest absolute Gasteiger partial charge is 0.462 e. The lowest BCUT2D eigenvalue weighted by Gasteiger charge is -2.34. The van der Waals surface area contributed by atoms with Gasteiger partial charge in [-0.2, -0.15) is 4.99 Å². The smallest absolute Gasteiger partial charge is 0.295 e. The van der Waals surface area contributed by atoms with Crippen molar-refractivity contribution in [2.75, 3.05) is 47.5 Å². The summed E-state index contributed by atoms with van der Waals surface area (Å²) in [6.45, 7) is 3.10. The van der Waals surface area contributed by atoms with Crippen LogP contribution in [0.1, 0.15) is 22.5 Å². The summed E-state index contributed by atoms with van der Waals surface area (Å²) in [4.78, 5) is 20.7. The molecule has 1 aromatic rings. The lowest BCUT2D eigenvalue weighted by molar-refractivity contribution is -0.885. The summed E-state index contributed by atoms with van der Waals surface area (Å²) in [5, 5.41) is 1.87. The van der Waals surface area contributed by atoms with Gasteiger partial charge in [-0.1, -0.05) is 6.07 Å². The molecule has 1 aliphatic heterocycles. The average molecular weight is 340 g/mol. The average Bonchev–Trinajstić information content (AvgIpc) is 3.08. The second-order valence-electron chi connectivity index (χ2n) is 5.82. The highest BCUT2D eigenvalue weighted by Gasteiger charge is 2.26. The monoisotopic (exact) mass is 340 g/mol. The molecule has 1 aromatic heterocycles. The number of carbonyl (C=O) groups excluding carboxylic acids is 1. The van der Waals surface area contributed by atoms with Crippen molar-refractivity contribution < 1.29 is 19.2 Å². The number of nitrogens with one attached hydrogen (secondary N) is 1. The van der Waals surface area contributed by atoms with Crippen LogP contribution in [0.2, 0.25) is 0 Å². The van der Waals surface area contributed by atoms with E-state index < -0.39 is 0 Å². The Hall–Kier alpha value is -1.44. The molecular formula is C16H26N3O3S+. The van der Waals surface area contributed by atoms with E-state index in [0.29, 0.717) is 30.2 Å². The Balaban J connectivity index is 2.07. The minimum Gasteiger partial charge on any atom is -0.462 e. The Kier molecular flexibility index (Phi) is 7.01. The predicted molar refractivity (Wildman–Crippen MR) is 91.3 cm³/mol. The van der Waals surface area contributed by atoms with Gasteiger partial charge in [-0.3, -0.25) is 4.79 Å². The number of rotatable bonds is 5. The minimum absolute atomic E-state index is 0.252. The molecule has 0 aliphatic carbocycles. The van der Waals surface area contributed by atoms with Gasteiger partial charge in [0.1, 0.15) is 6.61 Å². The maximum Gasteiger partial charge on any atom is 0.295 e. The van der Waals surface area contributed by atoms with Crippen molar-refractivity contribution in [1.29, 1.82) is 0 Å². The van der Waals surface area contributed by atoms with Gasteiger partial charge in [0.2, 0.25) is 0 Å². The van der Waals surface area contributed by atoms with Crippen LogP contribution in [-0.4, -0.2) is 70.4 Å². The number of quaternary nitrogens is 1. The van der Waals surface area contributed by atoms with E-state index in [1.807, 2.05) is 23.4 Å². The van der Waals surface area contributed by atoms with Crippen molar-refractivity contribution in [3.63, 3.8) is 0 Å². The van der Waals surface area contributed by atoms with Crippen LogP contribution < -0.4 is 4.90 Å². The Bertz CT molecular complexity index is 511. The first-order valence-electron chi connectivity index (χ1n) is 7.94. The number of likely N-dealkylation sites (tertiary alicyclic amines) is 1. The van der Waals surface area contributed by atoms with Crippen LogP contribution in [0.4, 0.5) is 0 Å². The SMILES string of the molecule is COCCOC(=NC(=O)c1cccs1)N(C)C1CC[NH+](C)CC1. The third-order valence-corrected chi connectivity index (χ3v) is 4.96. The molecule has 7 heteroatoms. The molecule has 0 unspecified atom stereocenters. The number of hydrogen-bond acceptors (Lipinski definition) is 4. The minimum atomic E-state index is -0.252. The van der Waals surface area contributed by atoms with Crippen molar-refractivity contribution in [1.82, 2.24) is 4.90 Å². The Labute approximate surface area is 141 Å². The summed E-state index contributed by atoms with van der Waals surface area (Å²) >= 11 is 1.39. The molecule has 1 saturated heterocycles. The van der Waals surface area contributed by atoms with Crippen molar-refractivity contribution in [2.45, 2.75) is 18.9 Å². The molecule has 0 spiro atoms. The van der Waals surface area contributed by atoms with Gasteiger partial charge in [-0.25, -0.2) is 0 Å². The third kappa shape index (κ3) is 5.30. The number of hydrogen-bond donors (Lipinski definition) is 1. The molecule has 1 amide bonds. The molecular weight excluding hydrogens is 314 g/mol. The number of amidine groups is 1. The van der Waals surface area contributed by atoms with Crippen molar-refractivity contribution in [2.24, 2.45) is 4.99 Å². The molecule has 0 aromatic carbocycles. The summed E-state index contributed by atoms with van der Waals surface area (Å²) in [7, 11) is 5.79. The van der Waals surface area contributed by atoms with Gasteiger partial charge in [0.15, 0.2) is 0 Å². The van der Waals surface area contributed by atoms with Crippen molar-refractivity contribution >= 4 is 23.3 Å².